The zero-order valence-corrected chi connectivity index (χ0v) is 25.6. The van der Waals surface area contributed by atoms with Gasteiger partial charge in [-0.15, -0.1) is 0 Å². The number of nitrogens with one attached hydrogen (secondary N) is 2. The molecule has 7 rings (SSSR count). The number of halogens is 1. The number of hydrogen-bond donors (Lipinski definition) is 2. The van der Waals surface area contributed by atoms with E-state index in [9.17, 15) is 14.4 Å². The number of morpholine rings is 1. The zero-order valence-electron chi connectivity index (χ0n) is 25.6. The van der Waals surface area contributed by atoms with Crippen molar-refractivity contribution in [1.82, 2.24) is 25.3 Å². The van der Waals surface area contributed by atoms with Crippen molar-refractivity contribution in [3.63, 3.8) is 0 Å². The number of ketones is 1. The number of Topliss-reactive ketones (excluding diaryl/α,β-unsaturated/α-hetero) is 1. The Morgan fingerprint density at radius 2 is 1.58 bits per heavy atom. The molecule has 0 aromatic carbocycles. The Bertz CT molecular complexity index is 1090. The van der Waals surface area contributed by atoms with Crippen LogP contribution in [0.2, 0.25) is 0 Å². The summed E-state index contributed by atoms with van der Waals surface area (Å²) in [4.78, 5) is 47.3. The van der Waals surface area contributed by atoms with Gasteiger partial charge in [-0.3, -0.25) is 14.4 Å². The van der Waals surface area contributed by atoms with Crippen molar-refractivity contribution < 1.29 is 23.5 Å². The smallest absolute Gasteiger partial charge is 0.256 e. The highest BCUT2D eigenvalue weighted by molar-refractivity contribution is 6.20. The lowest BCUT2D eigenvalue weighted by molar-refractivity contribution is -0.208. The van der Waals surface area contributed by atoms with Crippen LogP contribution >= 0.6 is 0 Å². The monoisotopic (exact) mass is 599 g/mol. The van der Waals surface area contributed by atoms with Gasteiger partial charge in [-0.1, -0.05) is 25.7 Å². The molecule has 3 aliphatic carbocycles. The minimum Gasteiger partial charge on any atom is -0.368 e. The molecule has 2 N–H and O–H groups in total. The van der Waals surface area contributed by atoms with Gasteiger partial charge in [-0.25, -0.2) is 4.39 Å². The average molecular weight is 600 g/mol. The molecule has 9 nitrogen and oxygen atoms in total. The molecule has 43 heavy (non-hydrogen) atoms. The van der Waals surface area contributed by atoms with Gasteiger partial charge < -0.3 is 30.1 Å². The Labute approximate surface area is 255 Å². The van der Waals surface area contributed by atoms with Crippen LogP contribution in [0.4, 0.5) is 4.39 Å². The van der Waals surface area contributed by atoms with Crippen LogP contribution < -0.4 is 10.6 Å². The molecule has 2 amide bonds. The molecular weight excluding hydrogens is 549 g/mol. The number of carbonyl (C=O) groups is 3. The SMILES string of the molecule is O=C(CCN1CCCC1)NC1C(F)CC2C(=O)C(C(=O)NCCN3CCCC3)=CN3C4CC5CCCCC5CC4OC1C23. The first-order chi connectivity index (χ1) is 21.0. The fourth-order valence-corrected chi connectivity index (χ4v) is 9.58. The van der Waals surface area contributed by atoms with Crippen LogP contribution in [-0.2, 0) is 19.1 Å². The summed E-state index contributed by atoms with van der Waals surface area (Å²) >= 11 is 0. The molecule has 7 aliphatic rings. The number of likely N-dealkylation sites (tertiary alicyclic amines) is 2. The fraction of sp³-hybridized carbons (Fsp3) is 0.848. The van der Waals surface area contributed by atoms with E-state index in [0.29, 0.717) is 31.3 Å². The first-order valence-corrected chi connectivity index (χ1v) is 17.3. The lowest BCUT2D eigenvalue weighted by Gasteiger charge is -2.60. The Kier molecular flexibility index (Phi) is 8.80. The lowest BCUT2D eigenvalue weighted by Crippen LogP contribution is -2.73. The number of alkyl halides is 1. The van der Waals surface area contributed by atoms with Gasteiger partial charge in [0.2, 0.25) is 5.91 Å². The Morgan fingerprint density at radius 1 is 0.907 bits per heavy atom. The predicted molar refractivity (Wildman–Crippen MR) is 160 cm³/mol. The van der Waals surface area contributed by atoms with Gasteiger partial charge in [0.1, 0.15) is 12.3 Å². The number of rotatable bonds is 8. The topological polar surface area (TPSA) is 94.2 Å². The van der Waals surface area contributed by atoms with Gasteiger partial charge in [0, 0.05) is 38.2 Å². The number of ether oxygens (including phenoxy) is 1. The third-order valence-electron chi connectivity index (χ3n) is 11.8. The van der Waals surface area contributed by atoms with E-state index in [4.69, 9.17) is 4.74 Å². The fourth-order valence-electron chi connectivity index (χ4n) is 9.58. The van der Waals surface area contributed by atoms with Crippen molar-refractivity contribution in [2.24, 2.45) is 17.8 Å². The van der Waals surface area contributed by atoms with Gasteiger partial charge in [0.05, 0.1) is 29.8 Å². The summed E-state index contributed by atoms with van der Waals surface area (Å²) in [5, 5.41) is 6.03. The second-order valence-electron chi connectivity index (χ2n) is 14.4. The summed E-state index contributed by atoms with van der Waals surface area (Å²) in [5.74, 6) is -0.212. The van der Waals surface area contributed by atoms with Crippen molar-refractivity contribution >= 4 is 17.6 Å². The minimum absolute atomic E-state index is 0.00122. The van der Waals surface area contributed by atoms with Crippen molar-refractivity contribution in [1.29, 1.82) is 0 Å². The van der Waals surface area contributed by atoms with E-state index in [2.05, 4.69) is 25.3 Å². The molecule has 4 heterocycles. The molecule has 3 saturated heterocycles. The Morgan fingerprint density at radius 3 is 2.30 bits per heavy atom. The van der Waals surface area contributed by atoms with Crippen LogP contribution in [0, 0.1) is 17.8 Å². The molecule has 4 aliphatic heterocycles. The molecule has 238 valence electrons. The maximum absolute atomic E-state index is 16.1. The van der Waals surface area contributed by atoms with Gasteiger partial charge in [-0.2, -0.15) is 0 Å². The van der Waals surface area contributed by atoms with E-state index in [1.54, 1.807) is 6.20 Å². The van der Waals surface area contributed by atoms with Crippen LogP contribution in [0.5, 0.6) is 0 Å². The Hall–Kier alpha value is -2.04. The van der Waals surface area contributed by atoms with Crippen molar-refractivity contribution in [2.75, 3.05) is 45.8 Å². The van der Waals surface area contributed by atoms with Crippen molar-refractivity contribution in [2.45, 2.75) is 114 Å². The van der Waals surface area contributed by atoms with E-state index < -0.39 is 24.2 Å². The first kappa shape index (κ1) is 29.7. The van der Waals surface area contributed by atoms with Gasteiger partial charge in [0.25, 0.3) is 5.91 Å². The van der Waals surface area contributed by atoms with Crippen LogP contribution in [0.1, 0.15) is 77.0 Å². The first-order valence-electron chi connectivity index (χ1n) is 17.3. The summed E-state index contributed by atoms with van der Waals surface area (Å²) in [7, 11) is 0. The number of carbonyl (C=O) groups excluding carboxylic acids is 3. The van der Waals surface area contributed by atoms with Crippen molar-refractivity contribution in [3.05, 3.63) is 11.8 Å². The number of nitrogens with zero attached hydrogens (tertiary/aromatic N) is 3. The quantitative estimate of drug-likeness (QED) is 0.414. The second kappa shape index (κ2) is 12.8. The van der Waals surface area contributed by atoms with Gasteiger partial charge >= 0.3 is 0 Å². The number of fused-ring (bicyclic) bond motifs is 3. The van der Waals surface area contributed by atoms with E-state index in [1.165, 1.54) is 38.5 Å². The molecule has 10 heteroatoms. The maximum Gasteiger partial charge on any atom is 0.256 e. The highest BCUT2D eigenvalue weighted by Gasteiger charge is 2.60. The molecule has 6 fully saturated rings. The van der Waals surface area contributed by atoms with Gasteiger partial charge in [-0.05, 0) is 83.0 Å². The van der Waals surface area contributed by atoms with Crippen LogP contribution in [0.15, 0.2) is 11.8 Å². The minimum atomic E-state index is -1.41. The Balaban J connectivity index is 1.12. The summed E-state index contributed by atoms with van der Waals surface area (Å²) in [6.07, 6.45) is 11.5. The number of amides is 2. The molecule has 0 spiro atoms. The standard InChI is InChI=1S/C33H50FN5O4/c34-25-19-23-30-32(29(25)36-28(40)9-15-37-11-3-4-12-37)43-27-18-22-8-2-1-7-21(22)17-26(27)39(30)20-24(31(23)41)33(42)35-10-16-38-13-5-6-14-38/h20-23,25-27,29-30,32H,1-19H2,(H,35,42)(H,36,40). The molecule has 0 aromatic rings. The van der Waals surface area contributed by atoms with E-state index >= 15 is 4.39 Å². The zero-order chi connectivity index (χ0) is 29.5. The van der Waals surface area contributed by atoms with Crippen LogP contribution in [0.3, 0.4) is 0 Å². The van der Waals surface area contributed by atoms with Gasteiger partial charge in [0.15, 0.2) is 5.78 Å². The molecule has 3 saturated carbocycles. The highest BCUT2D eigenvalue weighted by Crippen LogP contribution is 2.50. The van der Waals surface area contributed by atoms with E-state index in [-0.39, 0.29) is 47.8 Å². The second-order valence-corrected chi connectivity index (χ2v) is 14.4. The summed E-state index contributed by atoms with van der Waals surface area (Å²) in [6, 6.07) is -1.10. The number of hydrogen-bond acceptors (Lipinski definition) is 7. The van der Waals surface area contributed by atoms with Crippen molar-refractivity contribution in [3.8, 4) is 0 Å². The van der Waals surface area contributed by atoms with E-state index in [0.717, 1.165) is 58.4 Å². The van der Waals surface area contributed by atoms with Crippen LogP contribution in [0.25, 0.3) is 0 Å². The molecule has 0 bridgehead atoms. The third-order valence-corrected chi connectivity index (χ3v) is 11.8. The molecule has 0 radical (unpaired) electrons. The summed E-state index contributed by atoms with van der Waals surface area (Å²) < 4.78 is 22.9. The maximum atomic E-state index is 16.1. The largest absolute Gasteiger partial charge is 0.368 e. The lowest BCUT2D eigenvalue weighted by atomic mass is 9.65. The van der Waals surface area contributed by atoms with Crippen LogP contribution in [-0.4, -0.2) is 115 Å². The summed E-state index contributed by atoms with van der Waals surface area (Å²) in [5.41, 5.74) is 0.160. The molecule has 0 aromatic heterocycles. The average Bonchev–Trinajstić information content (AvgIpc) is 3.73. The normalized spacial score (nSPS) is 39.5. The molecular formula is C33H50FN5O4. The third kappa shape index (κ3) is 6.00. The van der Waals surface area contributed by atoms with E-state index in [1.807, 2.05) is 0 Å². The molecule has 9 unspecified atom stereocenters. The summed E-state index contributed by atoms with van der Waals surface area (Å²) in [6.45, 7) is 6.09. The highest BCUT2D eigenvalue weighted by atomic mass is 19.1. The molecule has 9 atom stereocenters. The predicted octanol–water partition coefficient (Wildman–Crippen LogP) is 2.40.